The molecule has 0 saturated heterocycles. The number of hydrogen-bond acceptors (Lipinski definition) is 1. The number of fused-ring (bicyclic) bond motifs is 2. The number of anilines is 1. The van der Waals surface area contributed by atoms with E-state index in [9.17, 15) is 0 Å². The van der Waals surface area contributed by atoms with Crippen molar-refractivity contribution in [2.75, 3.05) is 5.32 Å². The summed E-state index contributed by atoms with van der Waals surface area (Å²) < 4.78 is 0. The lowest BCUT2D eigenvalue weighted by Gasteiger charge is -2.14. The maximum atomic E-state index is 3.47. The normalized spacial score (nSPS) is 13.0. The highest BCUT2D eigenvalue weighted by molar-refractivity contribution is 5.78. The first kappa shape index (κ1) is 9.22. The third kappa shape index (κ3) is 1.61. The molecule has 0 aromatic heterocycles. The Morgan fingerprint density at radius 1 is 0.750 bits per heavy atom. The van der Waals surface area contributed by atoms with E-state index in [0.29, 0.717) is 0 Å². The molecule has 1 N–H and O–H groups in total. The van der Waals surface area contributed by atoms with Gasteiger partial charge in [-0.1, -0.05) is 54.6 Å². The first-order valence-electron chi connectivity index (χ1n) is 5.52. The molecule has 0 saturated carbocycles. The quantitative estimate of drug-likeness (QED) is 0.693. The van der Waals surface area contributed by atoms with Crippen molar-refractivity contribution in [1.82, 2.24) is 0 Å². The second kappa shape index (κ2) is 3.86. The van der Waals surface area contributed by atoms with Crippen molar-refractivity contribution in [2.45, 2.75) is 6.54 Å². The van der Waals surface area contributed by atoms with Crippen molar-refractivity contribution in [3.63, 3.8) is 0 Å². The third-order valence-electron chi connectivity index (χ3n) is 2.93. The van der Waals surface area contributed by atoms with Crippen LogP contribution in [0, 0.1) is 0 Å². The zero-order chi connectivity index (χ0) is 10.8. The Bertz CT molecular complexity index is 491. The van der Waals surface area contributed by atoms with E-state index in [1.165, 1.54) is 22.4 Å². The highest BCUT2D eigenvalue weighted by atomic mass is 14.9. The van der Waals surface area contributed by atoms with Gasteiger partial charge in [-0.25, -0.2) is 0 Å². The summed E-state index contributed by atoms with van der Waals surface area (Å²) in [5.74, 6) is 0. The van der Waals surface area contributed by atoms with Crippen molar-refractivity contribution in [2.24, 2.45) is 0 Å². The number of rotatable bonds is 0. The van der Waals surface area contributed by atoms with Gasteiger partial charge in [-0.05, 0) is 22.8 Å². The number of hydrogen-bond donors (Lipinski definition) is 1. The summed E-state index contributed by atoms with van der Waals surface area (Å²) in [5, 5.41) is 3.47. The lowest BCUT2D eigenvalue weighted by molar-refractivity contribution is 1.14. The summed E-state index contributed by atoms with van der Waals surface area (Å²) in [4.78, 5) is 0. The van der Waals surface area contributed by atoms with Crippen LogP contribution in [0.1, 0.15) is 16.7 Å². The average Bonchev–Trinajstić information content (AvgIpc) is 2.32. The monoisotopic (exact) mass is 207 g/mol. The van der Waals surface area contributed by atoms with E-state index >= 15 is 0 Å². The Hall–Kier alpha value is -2.02. The average molecular weight is 207 g/mol. The molecule has 3 rings (SSSR count). The Labute approximate surface area is 95.4 Å². The van der Waals surface area contributed by atoms with Gasteiger partial charge in [0.1, 0.15) is 0 Å². The van der Waals surface area contributed by atoms with Gasteiger partial charge in [-0.3, -0.25) is 0 Å². The summed E-state index contributed by atoms with van der Waals surface area (Å²) in [7, 11) is 0. The maximum absolute atomic E-state index is 3.47. The van der Waals surface area contributed by atoms with Gasteiger partial charge in [0, 0.05) is 12.2 Å². The van der Waals surface area contributed by atoms with E-state index in [2.05, 4.69) is 66.0 Å². The molecule has 78 valence electrons. The lowest BCUT2D eigenvalue weighted by atomic mass is 10.0. The number of nitrogens with one attached hydrogen (secondary N) is 1. The van der Waals surface area contributed by atoms with Gasteiger partial charge in [-0.15, -0.1) is 0 Å². The summed E-state index contributed by atoms with van der Waals surface area (Å²) in [6.07, 6.45) is 4.36. The van der Waals surface area contributed by atoms with Crippen LogP contribution in [0.5, 0.6) is 0 Å². The predicted octanol–water partition coefficient (Wildman–Crippen LogP) is 3.78. The van der Waals surface area contributed by atoms with Gasteiger partial charge < -0.3 is 5.32 Å². The van der Waals surface area contributed by atoms with E-state index in [1.807, 2.05) is 0 Å². The smallest absolute Gasteiger partial charge is 0.0416 e. The first-order chi connectivity index (χ1) is 7.93. The molecular formula is C15H13N. The SMILES string of the molecule is C1=Cc2ccccc2NCc2ccccc21. The number of para-hydroxylation sites is 1. The molecule has 2 aromatic carbocycles. The molecule has 0 fully saturated rings. The molecule has 2 aromatic rings. The Kier molecular flexibility index (Phi) is 2.22. The van der Waals surface area contributed by atoms with Crippen LogP contribution in [0.4, 0.5) is 5.69 Å². The minimum atomic E-state index is 0.886. The van der Waals surface area contributed by atoms with Gasteiger partial charge in [0.2, 0.25) is 0 Å². The molecule has 0 bridgehead atoms. The molecule has 1 nitrogen and oxygen atoms in total. The first-order valence-corrected chi connectivity index (χ1v) is 5.52. The van der Waals surface area contributed by atoms with Crippen LogP contribution < -0.4 is 5.32 Å². The fraction of sp³-hybridized carbons (Fsp3) is 0.0667. The fourth-order valence-corrected chi connectivity index (χ4v) is 2.03. The van der Waals surface area contributed by atoms with E-state index in [1.54, 1.807) is 0 Å². The fourth-order valence-electron chi connectivity index (χ4n) is 2.03. The highest BCUT2D eigenvalue weighted by Crippen LogP contribution is 2.23. The summed E-state index contributed by atoms with van der Waals surface area (Å²) >= 11 is 0. The molecular weight excluding hydrogens is 194 g/mol. The van der Waals surface area contributed by atoms with Gasteiger partial charge in [-0.2, -0.15) is 0 Å². The van der Waals surface area contributed by atoms with Crippen molar-refractivity contribution in [1.29, 1.82) is 0 Å². The van der Waals surface area contributed by atoms with Crippen LogP contribution in [-0.2, 0) is 6.54 Å². The standard InChI is InChI=1S/C15H13N/c1-2-7-14-11-16-15-8-4-3-6-13(15)10-9-12(14)5-1/h1-10,16H,11H2. The molecule has 1 aliphatic rings. The van der Waals surface area contributed by atoms with Crippen molar-refractivity contribution >= 4 is 17.8 Å². The second-order valence-corrected chi connectivity index (χ2v) is 3.97. The topological polar surface area (TPSA) is 12.0 Å². The zero-order valence-corrected chi connectivity index (χ0v) is 8.98. The maximum Gasteiger partial charge on any atom is 0.0416 e. The van der Waals surface area contributed by atoms with Crippen LogP contribution in [0.2, 0.25) is 0 Å². The molecule has 0 unspecified atom stereocenters. The van der Waals surface area contributed by atoms with Gasteiger partial charge in [0.25, 0.3) is 0 Å². The van der Waals surface area contributed by atoms with Gasteiger partial charge in [0.05, 0.1) is 0 Å². The van der Waals surface area contributed by atoms with E-state index < -0.39 is 0 Å². The van der Waals surface area contributed by atoms with Crippen LogP contribution in [0.15, 0.2) is 48.5 Å². The van der Waals surface area contributed by atoms with Crippen molar-refractivity contribution < 1.29 is 0 Å². The van der Waals surface area contributed by atoms with E-state index in [4.69, 9.17) is 0 Å². The Morgan fingerprint density at radius 3 is 2.38 bits per heavy atom. The molecule has 1 heterocycles. The zero-order valence-electron chi connectivity index (χ0n) is 8.98. The minimum Gasteiger partial charge on any atom is -0.380 e. The van der Waals surface area contributed by atoms with Crippen LogP contribution in [0.25, 0.3) is 12.2 Å². The Morgan fingerprint density at radius 2 is 1.44 bits per heavy atom. The summed E-state index contributed by atoms with van der Waals surface area (Å²) in [5.41, 5.74) is 5.09. The molecule has 0 aliphatic carbocycles. The lowest BCUT2D eigenvalue weighted by Crippen LogP contribution is -2.03. The molecule has 0 amide bonds. The molecule has 1 aliphatic heterocycles. The van der Waals surface area contributed by atoms with E-state index in [0.717, 1.165) is 6.54 Å². The molecule has 0 radical (unpaired) electrons. The van der Waals surface area contributed by atoms with Crippen LogP contribution in [0.3, 0.4) is 0 Å². The highest BCUT2D eigenvalue weighted by Gasteiger charge is 2.04. The molecule has 16 heavy (non-hydrogen) atoms. The van der Waals surface area contributed by atoms with Crippen molar-refractivity contribution in [3.05, 3.63) is 65.2 Å². The third-order valence-corrected chi connectivity index (χ3v) is 2.93. The largest absolute Gasteiger partial charge is 0.380 e. The Balaban J connectivity index is 2.10. The van der Waals surface area contributed by atoms with E-state index in [-0.39, 0.29) is 0 Å². The second-order valence-electron chi connectivity index (χ2n) is 3.97. The van der Waals surface area contributed by atoms with Crippen molar-refractivity contribution in [3.8, 4) is 0 Å². The predicted molar refractivity (Wildman–Crippen MR) is 69.1 cm³/mol. The molecule has 1 heteroatoms. The van der Waals surface area contributed by atoms with Gasteiger partial charge >= 0.3 is 0 Å². The van der Waals surface area contributed by atoms with Crippen LogP contribution in [-0.4, -0.2) is 0 Å². The number of benzene rings is 2. The summed E-state index contributed by atoms with van der Waals surface area (Å²) in [6.45, 7) is 0.886. The minimum absolute atomic E-state index is 0.886. The van der Waals surface area contributed by atoms with Crippen LogP contribution >= 0.6 is 0 Å². The molecule has 0 atom stereocenters. The summed E-state index contributed by atoms with van der Waals surface area (Å²) in [6, 6.07) is 16.9. The van der Waals surface area contributed by atoms with Gasteiger partial charge in [0.15, 0.2) is 0 Å². The molecule has 0 spiro atoms.